The number of aromatic nitrogens is 1. The van der Waals surface area contributed by atoms with Crippen LogP contribution in [0.4, 0.5) is 13.2 Å². The summed E-state index contributed by atoms with van der Waals surface area (Å²) in [4.78, 5) is 16.7. The maximum atomic E-state index is 12.6. The van der Waals surface area contributed by atoms with Crippen LogP contribution in [0.1, 0.15) is 11.3 Å². The van der Waals surface area contributed by atoms with E-state index in [1.54, 1.807) is 12.1 Å². The summed E-state index contributed by atoms with van der Waals surface area (Å²) < 4.78 is 43.2. The van der Waals surface area contributed by atoms with Gasteiger partial charge >= 0.3 is 12.1 Å². The molecule has 1 aromatic carbocycles. The number of rotatable bonds is 1. The lowest BCUT2D eigenvalue weighted by molar-refractivity contribution is -0.186. The summed E-state index contributed by atoms with van der Waals surface area (Å²) in [5, 5.41) is 0.727. The Hall–Kier alpha value is -2.31. The highest BCUT2D eigenvalue weighted by atomic mass is 19.4. The van der Waals surface area contributed by atoms with Crippen LogP contribution >= 0.6 is 0 Å². The molecule has 1 aliphatic heterocycles. The third kappa shape index (κ3) is 2.36. The summed E-state index contributed by atoms with van der Waals surface area (Å²) >= 11 is 0. The topological polar surface area (TPSA) is 42.4 Å². The van der Waals surface area contributed by atoms with E-state index in [1.165, 1.54) is 7.11 Å². The monoisotopic (exact) mass is 310 g/mol. The van der Waals surface area contributed by atoms with Gasteiger partial charge in [0.15, 0.2) is 0 Å². The first kappa shape index (κ1) is 14.6. The van der Waals surface area contributed by atoms with Gasteiger partial charge in [0, 0.05) is 23.9 Å². The van der Waals surface area contributed by atoms with E-state index in [0.29, 0.717) is 17.0 Å². The van der Waals surface area contributed by atoms with Gasteiger partial charge < -0.3 is 9.64 Å². The first-order valence-electron chi connectivity index (χ1n) is 6.72. The number of hydrogen-bond donors (Lipinski definition) is 0. The number of amides is 1. The van der Waals surface area contributed by atoms with Crippen molar-refractivity contribution in [2.45, 2.75) is 19.1 Å². The summed E-state index contributed by atoms with van der Waals surface area (Å²) in [7, 11) is 1.46. The van der Waals surface area contributed by atoms with Gasteiger partial charge in [0.1, 0.15) is 5.75 Å². The van der Waals surface area contributed by atoms with Crippen LogP contribution in [-0.4, -0.2) is 35.6 Å². The van der Waals surface area contributed by atoms with Crippen molar-refractivity contribution in [3.8, 4) is 5.75 Å². The number of para-hydroxylation sites is 1. The zero-order valence-corrected chi connectivity index (χ0v) is 11.8. The highest BCUT2D eigenvalue weighted by Gasteiger charge is 2.43. The smallest absolute Gasteiger partial charge is 0.471 e. The average Bonchev–Trinajstić information content (AvgIpc) is 2.50. The minimum absolute atomic E-state index is 0.000161. The van der Waals surface area contributed by atoms with E-state index in [0.717, 1.165) is 15.8 Å². The van der Waals surface area contributed by atoms with Crippen molar-refractivity contribution in [3.05, 3.63) is 35.5 Å². The molecule has 0 aliphatic carbocycles. The SMILES string of the molecule is COc1c2c(nc3ccccc13)CCN(C(=O)C(F)(F)F)C2. The van der Waals surface area contributed by atoms with Gasteiger partial charge in [-0.3, -0.25) is 9.78 Å². The van der Waals surface area contributed by atoms with Gasteiger partial charge in [-0.05, 0) is 12.1 Å². The Labute approximate surface area is 124 Å². The molecule has 0 unspecified atom stereocenters. The summed E-state index contributed by atoms with van der Waals surface area (Å²) in [6.07, 6.45) is -4.59. The fourth-order valence-electron chi connectivity index (χ4n) is 2.74. The minimum Gasteiger partial charge on any atom is -0.496 e. The van der Waals surface area contributed by atoms with E-state index in [1.807, 2.05) is 12.1 Å². The molecule has 4 nitrogen and oxygen atoms in total. The summed E-state index contributed by atoms with van der Waals surface area (Å²) in [5.41, 5.74) is 1.96. The van der Waals surface area contributed by atoms with Gasteiger partial charge in [0.25, 0.3) is 0 Å². The third-order valence-corrected chi connectivity index (χ3v) is 3.73. The molecule has 0 spiro atoms. The summed E-state index contributed by atoms with van der Waals surface area (Å²) in [6.45, 7) is -0.144. The molecule has 0 radical (unpaired) electrons. The Balaban J connectivity index is 2.07. The van der Waals surface area contributed by atoms with E-state index in [9.17, 15) is 18.0 Å². The van der Waals surface area contributed by atoms with Gasteiger partial charge in [-0.2, -0.15) is 13.2 Å². The Kier molecular flexibility index (Phi) is 3.42. The van der Waals surface area contributed by atoms with Crippen molar-refractivity contribution in [2.75, 3.05) is 13.7 Å². The van der Waals surface area contributed by atoms with Crippen molar-refractivity contribution in [1.82, 2.24) is 9.88 Å². The van der Waals surface area contributed by atoms with Gasteiger partial charge in [-0.25, -0.2) is 0 Å². The normalized spacial score (nSPS) is 14.8. The summed E-state index contributed by atoms with van der Waals surface area (Å²) in [6, 6.07) is 7.27. The van der Waals surface area contributed by atoms with Gasteiger partial charge in [0.05, 0.1) is 24.9 Å². The molecule has 1 aromatic heterocycles. The average molecular weight is 310 g/mol. The number of halogens is 3. The Morgan fingerprint density at radius 2 is 2.05 bits per heavy atom. The molecule has 2 aromatic rings. The number of alkyl halides is 3. The largest absolute Gasteiger partial charge is 0.496 e. The van der Waals surface area contributed by atoms with Crippen LogP contribution in [-0.2, 0) is 17.8 Å². The van der Waals surface area contributed by atoms with Crippen LogP contribution in [0.15, 0.2) is 24.3 Å². The van der Waals surface area contributed by atoms with Crippen LogP contribution in [0, 0.1) is 0 Å². The van der Waals surface area contributed by atoms with E-state index in [4.69, 9.17) is 4.74 Å². The number of carbonyl (C=O) groups is 1. The maximum Gasteiger partial charge on any atom is 0.471 e. The first-order chi connectivity index (χ1) is 10.4. The summed E-state index contributed by atoms with van der Waals surface area (Å²) in [5.74, 6) is -1.34. The highest BCUT2D eigenvalue weighted by Crippen LogP contribution is 2.34. The Morgan fingerprint density at radius 1 is 1.32 bits per heavy atom. The Bertz CT molecular complexity index is 743. The lowest BCUT2D eigenvalue weighted by atomic mass is 10.0. The molecule has 0 atom stereocenters. The number of methoxy groups -OCH3 is 1. The molecule has 0 saturated heterocycles. The highest BCUT2D eigenvalue weighted by molar-refractivity contribution is 5.88. The predicted molar refractivity (Wildman–Crippen MR) is 73.5 cm³/mol. The van der Waals surface area contributed by atoms with Gasteiger partial charge in [0.2, 0.25) is 0 Å². The van der Waals surface area contributed by atoms with E-state index < -0.39 is 12.1 Å². The van der Waals surface area contributed by atoms with Gasteiger partial charge in [-0.1, -0.05) is 12.1 Å². The maximum absolute atomic E-state index is 12.6. The molecule has 2 heterocycles. The molecular formula is C15H13F3N2O2. The van der Waals surface area contributed by atoms with Crippen LogP contribution in [0.5, 0.6) is 5.75 Å². The number of benzene rings is 1. The minimum atomic E-state index is -4.87. The van der Waals surface area contributed by atoms with E-state index in [-0.39, 0.29) is 19.5 Å². The zero-order valence-electron chi connectivity index (χ0n) is 11.8. The number of nitrogens with zero attached hydrogens (tertiary/aromatic N) is 2. The fourth-order valence-corrected chi connectivity index (χ4v) is 2.74. The van der Waals surface area contributed by atoms with E-state index in [2.05, 4.69) is 4.98 Å². The number of pyridine rings is 1. The molecule has 0 saturated carbocycles. The number of carbonyl (C=O) groups excluding carboxylic acids is 1. The van der Waals surface area contributed by atoms with Crippen LogP contribution in [0.2, 0.25) is 0 Å². The van der Waals surface area contributed by atoms with Crippen molar-refractivity contribution in [1.29, 1.82) is 0 Å². The standard InChI is InChI=1S/C15H13F3N2O2/c1-22-13-9-4-2-3-5-11(9)19-12-6-7-20(8-10(12)13)14(21)15(16,17)18/h2-5H,6-8H2,1H3. The lowest BCUT2D eigenvalue weighted by Crippen LogP contribution is -2.44. The second kappa shape index (κ2) is 5.15. The lowest BCUT2D eigenvalue weighted by Gasteiger charge is -2.30. The third-order valence-electron chi connectivity index (χ3n) is 3.73. The van der Waals surface area contributed by atoms with Crippen LogP contribution < -0.4 is 4.74 Å². The predicted octanol–water partition coefficient (Wildman–Crippen LogP) is 2.69. The second-order valence-corrected chi connectivity index (χ2v) is 5.06. The fraction of sp³-hybridized carbons (Fsp3) is 0.333. The van der Waals surface area contributed by atoms with Gasteiger partial charge in [-0.15, -0.1) is 0 Å². The zero-order chi connectivity index (χ0) is 15.9. The van der Waals surface area contributed by atoms with Crippen LogP contribution in [0.3, 0.4) is 0 Å². The molecule has 1 amide bonds. The van der Waals surface area contributed by atoms with Crippen LogP contribution in [0.25, 0.3) is 10.9 Å². The molecule has 0 N–H and O–H groups in total. The molecule has 22 heavy (non-hydrogen) atoms. The number of fused-ring (bicyclic) bond motifs is 2. The molecular weight excluding hydrogens is 297 g/mol. The van der Waals surface area contributed by atoms with E-state index >= 15 is 0 Å². The number of ether oxygens (including phenoxy) is 1. The van der Waals surface area contributed by atoms with Crippen molar-refractivity contribution in [2.24, 2.45) is 0 Å². The molecule has 3 rings (SSSR count). The molecule has 7 heteroatoms. The first-order valence-corrected chi connectivity index (χ1v) is 6.72. The molecule has 1 aliphatic rings. The number of hydrogen-bond acceptors (Lipinski definition) is 3. The molecule has 0 bridgehead atoms. The van der Waals surface area contributed by atoms with Crippen molar-refractivity contribution >= 4 is 16.8 Å². The molecule has 116 valence electrons. The second-order valence-electron chi connectivity index (χ2n) is 5.06. The Morgan fingerprint density at radius 3 is 2.73 bits per heavy atom. The van der Waals surface area contributed by atoms with Crippen molar-refractivity contribution in [3.63, 3.8) is 0 Å². The molecule has 0 fully saturated rings. The van der Waals surface area contributed by atoms with Crippen molar-refractivity contribution < 1.29 is 22.7 Å². The quantitative estimate of drug-likeness (QED) is 0.813.